The Morgan fingerprint density at radius 3 is 2.48 bits per heavy atom. The van der Waals surface area contributed by atoms with Crippen molar-refractivity contribution in [1.82, 2.24) is 9.21 Å². The van der Waals surface area contributed by atoms with Crippen LogP contribution >= 0.6 is 0 Å². The number of hydrogen-bond acceptors (Lipinski definition) is 5. The van der Waals surface area contributed by atoms with Crippen molar-refractivity contribution >= 4 is 10.0 Å². The largest absolute Gasteiger partial charge is 0.454 e. The number of piperazine rings is 1. The van der Waals surface area contributed by atoms with Crippen molar-refractivity contribution in [2.75, 3.05) is 33.0 Å². The molecule has 2 aromatic rings. The molecule has 0 N–H and O–H groups in total. The van der Waals surface area contributed by atoms with Crippen molar-refractivity contribution in [2.24, 2.45) is 0 Å². The topological polar surface area (TPSA) is 59.1 Å². The average Bonchev–Trinajstić information content (AvgIpc) is 3.12. The molecular weight excluding hydrogens is 371 g/mol. The molecule has 0 saturated carbocycles. The van der Waals surface area contributed by atoms with Gasteiger partial charge in [0.25, 0.3) is 0 Å². The smallest absolute Gasteiger partial charge is 0.231 e. The molecule has 2 aromatic carbocycles. The zero-order chi connectivity index (χ0) is 18.9. The minimum Gasteiger partial charge on any atom is -0.454 e. The Morgan fingerprint density at radius 1 is 0.963 bits per heavy atom. The van der Waals surface area contributed by atoms with Crippen molar-refractivity contribution < 1.29 is 22.3 Å². The molecule has 6 nitrogen and oxygen atoms in total. The lowest BCUT2D eigenvalue weighted by Gasteiger charge is -2.34. The van der Waals surface area contributed by atoms with Crippen LogP contribution in [0.15, 0.2) is 42.5 Å². The maximum atomic E-state index is 13.8. The van der Waals surface area contributed by atoms with E-state index >= 15 is 0 Å². The SMILES string of the molecule is O=S(=O)(Cc1ccccc1F)N1CCN(Cc2ccc3c(c2)OCO3)CC1. The number of benzene rings is 2. The predicted molar refractivity (Wildman–Crippen MR) is 98.4 cm³/mol. The second-order valence-corrected chi connectivity index (χ2v) is 8.68. The number of halogens is 1. The summed E-state index contributed by atoms with van der Waals surface area (Å²) < 4.78 is 51.2. The normalized spacial score (nSPS) is 18.0. The number of hydrogen-bond donors (Lipinski definition) is 0. The van der Waals surface area contributed by atoms with Gasteiger partial charge >= 0.3 is 0 Å². The van der Waals surface area contributed by atoms with Gasteiger partial charge in [-0.05, 0) is 23.8 Å². The van der Waals surface area contributed by atoms with E-state index in [0.29, 0.717) is 26.2 Å². The summed E-state index contributed by atoms with van der Waals surface area (Å²) in [6.07, 6.45) is 0. The summed E-state index contributed by atoms with van der Waals surface area (Å²) in [5, 5.41) is 0. The van der Waals surface area contributed by atoms with E-state index < -0.39 is 15.8 Å². The van der Waals surface area contributed by atoms with E-state index in [1.807, 2.05) is 18.2 Å². The Labute approximate surface area is 158 Å². The van der Waals surface area contributed by atoms with Crippen LogP contribution in [-0.2, 0) is 22.3 Å². The second-order valence-electron chi connectivity index (χ2n) is 6.71. The molecule has 2 aliphatic rings. The molecule has 27 heavy (non-hydrogen) atoms. The lowest BCUT2D eigenvalue weighted by Crippen LogP contribution is -2.48. The minimum atomic E-state index is -3.53. The fraction of sp³-hybridized carbons (Fsp3) is 0.368. The molecule has 1 fully saturated rings. The molecule has 2 aliphatic heterocycles. The molecule has 0 radical (unpaired) electrons. The summed E-state index contributed by atoms with van der Waals surface area (Å²) in [5.41, 5.74) is 1.31. The highest BCUT2D eigenvalue weighted by Crippen LogP contribution is 2.32. The van der Waals surface area contributed by atoms with Crippen LogP contribution in [0.1, 0.15) is 11.1 Å². The first-order valence-electron chi connectivity index (χ1n) is 8.83. The lowest BCUT2D eigenvalue weighted by atomic mass is 10.2. The number of ether oxygens (including phenoxy) is 2. The Kier molecular flexibility index (Phi) is 5.03. The van der Waals surface area contributed by atoms with E-state index in [0.717, 1.165) is 23.6 Å². The first kappa shape index (κ1) is 18.2. The van der Waals surface area contributed by atoms with Gasteiger partial charge in [-0.1, -0.05) is 24.3 Å². The maximum absolute atomic E-state index is 13.8. The van der Waals surface area contributed by atoms with Crippen LogP contribution in [-0.4, -0.2) is 50.6 Å². The lowest BCUT2D eigenvalue weighted by molar-refractivity contribution is 0.173. The highest BCUT2D eigenvalue weighted by atomic mass is 32.2. The number of nitrogens with zero attached hydrogens (tertiary/aromatic N) is 2. The van der Waals surface area contributed by atoms with Gasteiger partial charge in [0.05, 0.1) is 5.75 Å². The van der Waals surface area contributed by atoms with Crippen molar-refractivity contribution in [1.29, 1.82) is 0 Å². The molecule has 0 atom stereocenters. The number of fused-ring (bicyclic) bond motifs is 1. The van der Waals surface area contributed by atoms with E-state index in [9.17, 15) is 12.8 Å². The zero-order valence-corrected chi connectivity index (χ0v) is 15.6. The van der Waals surface area contributed by atoms with Crippen LogP contribution in [0.2, 0.25) is 0 Å². The average molecular weight is 392 g/mol. The summed E-state index contributed by atoms with van der Waals surface area (Å²) in [5.74, 6) is 0.714. The van der Waals surface area contributed by atoms with Gasteiger partial charge in [0, 0.05) is 38.3 Å². The van der Waals surface area contributed by atoms with Crippen molar-refractivity contribution in [3.63, 3.8) is 0 Å². The summed E-state index contributed by atoms with van der Waals surface area (Å²) in [4.78, 5) is 2.20. The third kappa shape index (κ3) is 4.07. The molecule has 0 aromatic heterocycles. The van der Waals surface area contributed by atoms with Gasteiger partial charge in [-0.3, -0.25) is 4.90 Å². The first-order valence-corrected chi connectivity index (χ1v) is 10.4. The molecule has 1 saturated heterocycles. The van der Waals surface area contributed by atoms with Gasteiger partial charge in [0.2, 0.25) is 16.8 Å². The molecule has 0 amide bonds. The third-order valence-electron chi connectivity index (χ3n) is 4.86. The quantitative estimate of drug-likeness (QED) is 0.781. The van der Waals surface area contributed by atoms with Crippen LogP contribution in [0.25, 0.3) is 0 Å². The Bertz CT molecular complexity index is 927. The van der Waals surface area contributed by atoms with Crippen LogP contribution in [0.4, 0.5) is 4.39 Å². The summed E-state index contributed by atoms with van der Waals surface area (Å²) in [6.45, 7) is 3.04. The zero-order valence-electron chi connectivity index (χ0n) is 14.8. The fourth-order valence-corrected chi connectivity index (χ4v) is 4.90. The molecule has 144 valence electrons. The highest BCUT2D eigenvalue weighted by molar-refractivity contribution is 7.88. The van der Waals surface area contributed by atoms with E-state index in [2.05, 4.69) is 4.90 Å². The van der Waals surface area contributed by atoms with E-state index in [1.165, 1.54) is 16.4 Å². The van der Waals surface area contributed by atoms with Crippen LogP contribution in [0, 0.1) is 5.82 Å². The summed E-state index contributed by atoms with van der Waals surface area (Å²) >= 11 is 0. The standard InChI is InChI=1S/C19H21FN2O4S/c20-17-4-2-1-3-16(17)13-27(23,24)22-9-7-21(8-10-22)12-15-5-6-18-19(11-15)26-14-25-18/h1-6,11H,7-10,12-14H2. The summed E-state index contributed by atoms with van der Waals surface area (Å²) in [6, 6.07) is 11.9. The van der Waals surface area contributed by atoms with Crippen LogP contribution in [0.5, 0.6) is 11.5 Å². The van der Waals surface area contributed by atoms with E-state index in [1.54, 1.807) is 12.1 Å². The first-order chi connectivity index (χ1) is 13.0. The number of rotatable bonds is 5. The van der Waals surface area contributed by atoms with Crippen molar-refractivity contribution in [3.05, 3.63) is 59.4 Å². The van der Waals surface area contributed by atoms with E-state index in [-0.39, 0.29) is 18.1 Å². The Balaban J connectivity index is 1.35. The fourth-order valence-electron chi connectivity index (χ4n) is 3.37. The molecule has 8 heteroatoms. The van der Waals surface area contributed by atoms with Gasteiger partial charge in [-0.25, -0.2) is 12.8 Å². The van der Waals surface area contributed by atoms with Crippen LogP contribution in [0.3, 0.4) is 0 Å². The third-order valence-corrected chi connectivity index (χ3v) is 6.69. The molecule has 0 spiro atoms. The highest BCUT2D eigenvalue weighted by Gasteiger charge is 2.28. The number of sulfonamides is 1. The van der Waals surface area contributed by atoms with Gasteiger partial charge in [0.15, 0.2) is 11.5 Å². The van der Waals surface area contributed by atoms with Crippen molar-refractivity contribution in [2.45, 2.75) is 12.3 Å². The maximum Gasteiger partial charge on any atom is 0.231 e. The van der Waals surface area contributed by atoms with Gasteiger partial charge in [-0.15, -0.1) is 0 Å². The predicted octanol–water partition coefficient (Wildman–Crippen LogP) is 2.20. The molecular formula is C19H21FN2O4S. The molecule has 2 heterocycles. The monoisotopic (exact) mass is 392 g/mol. The minimum absolute atomic E-state index is 0.209. The molecule has 0 bridgehead atoms. The van der Waals surface area contributed by atoms with Gasteiger partial charge in [0.1, 0.15) is 5.82 Å². The van der Waals surface area contributed by atoms with E-state index in [4.69, 9.17) is 9.47 Å². The second kappa shape index (κ2) is 7.46. The molecule has 0 aliphatic carbocycles. The van der Waals surface area contributed by atoms with Crippen LogP contribution < -0.4 is 9.47 Å². The molecule has 0 unspecified atom stereocenters. The Morgan fingerprint density at radius 2 is 1.70 bits per heavy atom. The molecule has 4 rings (SSSR count). The van der Waals surface area contributed by atoms with Gasteiger partial charge in [-0.2, -0.15) is 4.31 Å². The Hall–Kier alpha value is -2.16. The summed E-state index contributed by atoms with van der Waals surface area (Å²) in [7, 11) is -3.53. The van der Waals surface area contributed by atoms with Crippen molar-refractivity contribution in [3.8, 4) is 11.5 Å². The van der Waals surface area contributed by atoms with Gasteiger partial charge < -0.3 is 9.47 Å².